The van der Waals surface area contributed by atoms with Gasteiger partial charge < -0.3 is 4.90 Å². The standard InChI is InChI=1S/C22H21N3O2S2/c1-16-6-2-4-8-19(16)20-15-28-22(24-20)25-12-10-18(11-13-25)29(26,27)21-9-5-3-7-17(21)14-23/h2-9,15,18H,10-13H2,1H3. The van der Waals surface area contributed by atoms with Crippen molar-refractivity contribution in [3.05, 3.63) is 65.0 Å². The molecule has 1 aromatic heterocycles. The number of hydrogen-bond donors (Lipinski definition) is 0. The molecule has 4 rings (SSSR count). The molecule has 29 heavy (non-hydrogen) atoms. The quantitative estimate of drug-likeness (QED) is 0.620. The Kier molecular flexibility index (Phi) is 5.39. The maximum absolute atomic E-state index is 13.1. The van der Waals surface area contributed by atoms with Crippen LogP contribution in [0.2, 0.25) is 0 Å². The highest BCUT2D eigenvalue weighted by Crippen LogP contribution is 2.33. The first-order valence-corrected chi connectivity index (χ1v) is 11.9. The fourth-order valence-electron chi connectivity index (χ4n) is 3.74. The highest BCUT2D eigenvalue weighted by Gasteiger charge is 2.33. The minimum absolute atomic E-state index is 0.150. The van der Waals surface area contributed by atoms with Gasteiger partial charge >= 0.3 is 0 Å². The molecule has 0 bridgehead atoms. The van der Waals surface area contributed by atoms with Crippen LogP contribution >= 0.6 is 11.3 Å². The molecule has 5 nitrogen and oxygen atoms in total. The topological polar surface area (TPSA) is 74.1 Å². The Bertz CT molecular complexity index is 1170. The van der Waals surface area contributed by atoms with Crippen molar-refractivity contribution in [1.29, 1.82) is 5.26 Å². The van der Waals surface area contributed by atoms with Crippen molar-refractivity contribution in [3.63, 3.8) is 0 Å². The predicted molar refractivity (Wildman–Crippen MR) is 116 cm³/mol. The maximum Gasteiger partial charge on any atom is 0.185 e. The fraction of sp³-hybridized carbons (Fsp3) is 0.273. The molecule has 0 saturated carbocycles. The van der Waals surface area contributed by atoms with E-state index in [2.05, 4.69) is 29.3 Å². The van der Waals surface area contributed by atoms with E-state index in [0.717, 1.165) is 16.4 Å². The van der Waals surface area contributed by atoms with Gasteiger partial charge in [-0.05, 0) is 37.5 Å². The number of anilines is 1. The van der Waals surface area contributed by atoms with E-state index in [-0.39, 0.29) is 10.5 Å². The molecule has 1 aliphatic rings. The summed E-state index contributed by atoms with van der Waals surface area (Å²) in [6.45, 7) is 3.35. The molecule has 0 radical (unpaired) electrons. The minimum Gasteiger partial charge on any atom is -0.348 e. The van der Waals surface area contributed by atoms with Gasteiger partial charge in [-0.15, -0.1) is 11.3 Å². The summed E-state index contributed by atoms with van der Waals surface area (Å²) in [6.07, 6.45) is 1.06. The van der Waals surface area contributed by atoms with Crippen LogP contribution in [0.15, 0.2) is 58.8 Å². The third-order valence-electron chi connectivity index (χ3n) is 5.38. The molecule has 1 fully saturated rings. The highest BCUT2D eigenvalue weighted by atomic mass is 32.2. The third-order valence-corrected chi connectivity index (χ3v) is 8.60. The van der Waals surface area contributed by atoms with Crippen LogP contribution in [0.3, 0.4) is 0 Å². The number of aryl methyl sites for hydroxylation is 1. The summed E-state index contributed by atoms with van der Waals surface area (Å²) in [5, 5.41) is 11.8. The molecule has 0 N–H and O–H groups in total. The average molecular weight is 424 g/mol. The van der Waals surface area contributed by atoms with E-state index >= 15 is 0 Å². The second-order valence-corrected chi connectivity index (χ2v) is 10.2. The van der Waals surface area contributed by atoms with Crippen LogP contribution < -0.4 is 4.90 Å². The summed E-state index contributed by atoms with van der Waals surface area (Å²) < 4.78 is 26.1. The number of nitriles is 1. The van der Waals surface area contributed by atoms with Gasteiger partial charge in [0, 0.05) is 24.0 Å². The van der Waals surface area contributed by atoms with Crippen molar-refractivity contribution in [2.24, 2.45) is 0 Å². The van der Waals surface area contributed by atoms with Gasteiger partial charge in [0.05, 0.1) is 21.4 Å². The summed E-state index contributed by atoms with van der Waals surface area (Å²) in [6, 6.07) is 16.6. The Morgan fingerprint density at radius 1 is 1.10 bits per heavy atom. The Hall–Kier alpha value is -2.69. The molecule has 0 unspecified atom stereocenters. The van der Waals surface area contributed by atoms with Gasteiger partial charge in [-0.2, -0.15) is 5.26 Å². The van der Waals surface area contributed by atoms with Crippen LogP contribution in [0.5, 0.6) is 0 Å². The van der Waals surface area contributed by atoms with Gasteiger partial charge in [0.25, 0.3) is 0 Å². The number of benzene rings is 2. The van der Waals surface area contributed by atoms with E-state index in [1.807, 2.05) is 18.2 Å². The SMILES string of the molecule is Cc1ccccc1-c1csc(N2CCC(S(=O)(=O)c3ccccc3C#N)CC2)n1. The number of thiazole rings is 1. The van der Waals surface area contributed by atoms with E-state index in [9.17, 15) is 13.7 Å². The lowest BCUT2D eigenvalue weighted by atomic mass is 10.1. The maximum atomic E-state index is 13.1. The summed E-state index contributed by atoms with van der Waals surface area (Å²) in [7, 11) is -3.52. The lowest BCUT2D eigenvalue weighted by Crippen LogP contribution is -2.39. The average Bonchev–Trinajstić information content (AvgIpc) is 3.24. The van der Waals surface area contributed by atoms with Crippen molar-refractivity contribution in [3.8, 4) is 17.3 Å². The Morgan fingerprint density at radius 3 is 2.52 bits per heavy atom. The molecule has 148 valence electrons. The first-order valence-electron chi connectivity index (χ1n) is 9.50. The Labute approximate surface area is 175 Å². The summed E-state index contributed by atoms with van der Waals surface area (Å²) in [4.78, 5) is 7.10. The first kappa shape index (κ1) is 19.6. The minimum atomic E-state index is -3.52. The second kappa shape index (κ2) is 7.97. The van der Waals surface area contributed by atoms with Gasteiger partial charge in [-0.3, -0.25) is 0 Å². The fourth-order valence-corrected chi connectivity index (χ4v) is 6.50. The van der Waals surface area contributed by atoms with Gasteiger partial charge in [-0.1, -0.05) is 36.4 Å². The zero-order valence-electron chi connectivity index (χ0n) is 16.1. The van der Waals surface area contributed by atoms with E-state index in [1.165, 1.54) is 11.6 Å². The molecule has 0 spiro atoms. The van der Waals surface area contributed by atoms with E-state index < -0.39 is 15.1 Å². The zero-order chi connectivity index (χ0) is 20.4. The smallest absolute Gasteiger partial charge is 0.185 e. The van der Waals surface area contributed by atoms with E-state index in [1.54, 1.807) is 29.5 Å². The number of aromatic nitrogens is 1. The molecule has 1 aliphatic heterocycles. The first-order chi connectivity index (χ1) is 14.0. The third kappa shape index (κ3) is 3.78. The zero-order valence-corrected chi connectivity index (χ0v) is 17.7. The van der Waals surface area contributed by atoms with Crippen LogP contribution in [0.1, 0.15) is 24.0 Å². The summed E-state index contributed by atoms with van der Waals surface area (Å²) in [5.41, 5.74) is 3.49. The normalized spacial score (nSPS) is 15.2. The number of hydrogen-bond acceptors (Lipinski definition) is 6. The molecule has 2 heterocycles. The Morgan fingerprint density at radius 2 is 1.79 bits per heavy atom. The van der Waals surface area contributed by atoms with Crippen molar-refractivity contribution in [1.82, 2.24) is 4.98 Å². The largest absolute Gasteiger partial charge is 0.348 e. The molecule has 3 aromatic rings. The van der Waals surface area contributed by atoms with Crippen molar-refractivity contribution >= 4 is 26.3 Å². The van der Waals surface area contributed by atoms with Crippen LogP contribution in [-0.2, 0) is 9.84 Å². The van der Waals surface area contributed by atoms with Crippen LogP contribution in [0, 0.1) is 18.3 Å². The van der Waals surface area contributed by atoms with E-state index in [4.69, 9.17) is 4.98 Å². The lowest BCUT2D eigenvalue weighted by Gasteiger charge is -2.31. The number of nitrogens with zero attached hydrogens (tertiary/aromatic N) is 3. The van der Waals surface area contributed by atoms with Crippen molar-refractivity contribution in [2.75, 3.05) is 18.0 Å². The number of rotatable bonds is 4. The van der Waals surface area contributed by atoms with Crippen LogP contribution in [0.25, 0.3) is 11.3 Å². The summed E-state index contributed by atoms with van der Waals surface area (Å²) in [5.74, 6) is 0. The molecule has 0 atom stereocenters. The van der Waals surface area contributed by atoms with Gasteiger partial charge in [-0.25, -0.2) is 13.4 Å². The molecule has 2 aromatic carbocycles. The monoisotopic (exact) mass is 423 g/mol. The molecule has 0 aliphatic carbocycles. The predicted octanol–water partition coefficient (Wildman–Crippen LogP) is 4.43. The lowest BCUT2D eigenvalue weighted by molar-refractivity contribution is 0.529. The van der Waals surface area contributed by atoms with Crippen molar-refractivity contribution in [2.45, 2.75) is 29.9 Å². The summed E-state index contributed by atoms with van der Waals surface area (Å²) >= 11 is 1.59. The number of piperidine rings is 1. The molecule has 1 saturated heterocycles. The van der Waals surface area contributed by atoms with Crippen LogP contribution in [-0.4, -0.2) is 31.7 Å². The molecular weight excluding hydrogens is 402 g/mol. The molecule has 7 heteroatoms. The van der Waals surface area contributed by atoms with Crippen LogP contribution in [0.4, 0.5) is 5.13 Å². The molecular formula is C22H21N3O2S2. The van der Waals surface area contributed by atoms with Gasteiger partial charge in [0.1, 0.15) is 6.07 Å². The molecule has 0 amide bonds. The van der Waals surface area contributed by atoms with Gasteiger partial charge in [0.2, 0.25) is 0 Å². The highest BCUT2D eigenvalue weighted by molar-refractivity contribution is 7.92. The van der Waals surface area contributed by atoms with Gasteiger partial charge in [0.15, 0.2) is 15.0 Å². The number of sulfone groups is 1. The Balaban J connectivity index is 1.49. The second-order valence-electron chi connectivity index (χ2n) is 7.17. The van der Waals surface area contributed by atoms with E-state index in [0.29, 0.717) is 25.9 Å². The van der Waals surface area contributed by atoms with Crippen molar-refractivity contribution < 1.29 is 8.42 Å².